The normalized spacial score (nSPS) is 18.9. The van der Waals surface area contributed by atoms with Gasteiger partial charge in [-0.15, -0.1) is 0 Å². The van der Waals surface area contributed by atoms with Crippen molar-refractivity contribution < 1.29 is 18.3 Å². The Morgan fingerprint density at radius 2 is 2.15 bits per heavy atom. The fourth-order valence-electron chi connectivity index (χ4n) is 3.68. The number of ether oxygens (including phenoxy) is 1. The summed E-state index contributed by atoms with van der Waals surface area (Å²) in [5, 5.41) is 0.547. The van der Waals surface area contributed by atoms with E-state index in [2.05, 4.69) is 20.9 Å². The Balaban J connectivity index is 1.97. The van der Waals surface area contributed by atoms with Crippen LogP contribution in [0.1, 0.15) is 46.0 Å². The second-order valence-corrected chi connectivity index (χ2v) is 7.89. The Morgan fingerprint density at radius 1 is 1.37 bits per heavy atom. The molecule has 2 aromatic carbocycles. The lowest BCUT2D eigenvalue weighted by atomic mass is 9.95. The van der Waals surface area contributed by atoms with Gasteiger partial charge in [-0.2, -0.15) is 8.78 Å². The number of Topliss-reactive ketones (excluding diaryl/α,β-unsaturated/α-hetero) is 1. The Hall–Kier alpha value is -1.99. The van der Waals surface area contributed by atoms with E-state index in [9.17, 15) is 13.6 Å². The first kappa shape index (κ1) is 18.4. The molecular weight excluding hydrogens is 442 g/mol. The Morgan fingerprint density at radius 3 is 2.85 bits per heavy atom. The number of fused-ring (bicyclic) bond motifs is 3. The van der Waals surface area contributed by atoms with Gasteiger partial charge in [-0.05, 0) is 37.6 Å². The summed E-state index contributed by atoms with van der Waals surface area (Å²) in [6.07, 6.45) is 0.550. The van der Waals surface area contributed by atoms with Gasteiger partial charge in [0.15, 0.2) is 5.78 Å². The number of carbonyl (C=O) groups is 1. The summed E-state index contributed by atoms with van der Waals surface area (Å²) in [5.74, 6) is 0.546. The minimum Gasteiger partial charge on any atom is -0.434 e. The summed E-state index contributed by atoms with van der Waals surface area (Å²) in [4.78, 5) is 16.8. The molecule has 0 amide bonds. The first-order valence-electron chi connectivity index (χ1n) is 8.27. The maximum Gasteiger partial charge on any atom is 0.387 e. The molecule has 0 N–H and O–H groups in total. The van der Waals surface area contributed by atoms with E-state index < -0.39 is 6.61 Å². The van der Waals surface area contributed by atoms with Crippen LogP contribution in [0.15, 0.2) is 36.4 Å². The molecule has 140 valence electrons. The monoisotopic (exact) mass is 454 g/mol. The van der Waals surface area contributed by atoms with Crippen LogP contribution in [0, 0.1) is 0 Å². The zero-order valence-electron chi connectivity index (χ0n) is 14.1. The Kier molecular flexibility index (Phi) is 4.68. The molecule has 3 aromatic rings. The van der Waals surface area contributed by atoms with Crippen molar-refractivity contribution in [2.24, 2.45) is 0 Å². The molecule has 2 atom stereocenters. The third-order valence-electron chi connectivity index (χ3n) is 4.70. The van der Waals surface area contributed by atoms with Crippen LogP contribution in [-0.4, -0.2) is 21.9 Å². The summed E-state index contributed by atoms with van der Waals surface area (Å²) in [7, 11) is 0. The summed E-state index contributed by atoms with van der Waals surface area (Å²) >= 11 is 9.78. The van der Waals surface area contributed by atoms with Gasteiger partial charge in [0, 0.05) is 16.1 Å². The molecule has 0 fully saturated rings. The minimum atomic E-state index is -2.99. The Labute approximate surface area is 167 Å². The van der Waals surface area contributed by atoms with Crippen molar-refractivity contribution in [3.8, 4) is 5.75 Å². The standard InChI is InChI=1S/C19H14BrClF2N2O2/c1-9(26)11-3-2-4-16(27-19(22)23)17(11)15-8-12(20)18-24-13-6-5-10(21)7-14(13)25(15)18/h2-7,12,15,19H,8H2,1H3/t12-,15?/m0/s1. The maximum absolute atomic E-state index is 13.0. The number of carbonyl (C=O) groups excluding carboxylic acids is 1. The zero-order valence-corrected chi connectivity index (χ0v) is 16.5. The predicted octanol–water partition coefficient (Wildman–Crippen LogP) is 5.92. The number of nitrogens with zero attached hydrogens (tertiary/aromatic N) is 2. The number of hydrogen-bond donors (Lipinski definition) is 0. The van der Waals surface area contributed by atoms with E-state index in [4.69, 9.17) is 16.3 Å². The molecular formula is C19H14BrClF2N2O2. The molecule has 0 saturated heterocycles. The van der Waals surface area contributed by atoms with Crippen molar-refractivity contribution in [2.45, 2.75) is 30.8 Å². The lowest BCUT2D eigenvalue weighted by molar-refractivity contribution is -0.0507. The molecule has 8 heteroatoms. The largest absolute Gasteiger partial charge is 0.434 e. The molecule has 0 aliphatic carbocycles. The molecule has 0 radical (unpaired) electrons. The highest BCUT2D eigenvalue weighted by molar-refractivity contribution is 9.09. The summed E-state index contributed by atoms with van der Waals surface area (Å²) < 4.78 is 32.7. The third kappa shape index (κ3) is 3.12. The lowest BCUT2D eigenvalue weighted by Crippen LogP contribution is -2.14. The average Bonchev–Trinajstić information content (AvgIpc) is 3.12. The van der Waals surface area contributed by atoms with Gasteiger partial charge in [0.25, 0.3) is 0 Å². The zero-order chi connectivity index (χ0) is 19.3. The fraction of sp³-hybridized carbons (Fsp3) is 0.263. The van der Waals surface area contributed by atoms with Crippen LogP contribution in [0.5, 0.6) is 5.75 Å². The number of rotatable bonds is 4. The lowest BCUT2D eigenvalue weighted by Gasteiger charge is -2.21. The van der Waals surface area contributed by atoms with Crippen molar-refractivity contribution in [3.05, 3.63) is 58.4 Å². The summed E-state index contributed by atoms with van der Waals surface area (Å²) in [6.45, 7) is -1.57. The van der Waals surface area contributed by atoms with Gasteiger partial charge in [0.05, 0.1) is 21.9 Å². The molecule has 1 aliphatic heterocycles. The first-order chi connectivity index (χ1) is 12.9. The second kappa shape index (κ2) is 6.87. The number of benzene rings is 2. The number of aromatic nitrogens is 2. The molecule has 0 spiro atoms. The van der Waals surface area contributed by atoms with Crippen LogP contribution in [0.4, 0.5) is 8.78 Å². The number of alkyl halides is 3. The van der Waals surface area contributed by atoms with Crippen LogP contribution in [0.25, 0.3) is 11.0 Å². The van der Waals surface area contributed by atoms with Crippen LogP contribution in [0.3, 0.4) is 0 Å². The molecule has 1 aromatic heterocycles. The highest BCUT2D eigenvalue weighted by Gasteiger charge is 2.37. The van der Waals surface area contributed by atoms with Gasteiger partial charge >= 0.3 is 6.61 Å². The van der Waals surface area contributed by atoms with Crippen molar-refractivity contribution in [1.29, 1.82) is 0 Å². The van der Waals surface area contributed by atoms with Gasteiger partial charge in [0.2, 0.25) is 0 Å². The van der Waals surface area contributed by atoms with Crippen molar-refractivity contribution >= 4 is 44.3 Å². The molecule has 0 bridgehead atoms. The summed E-state index contributed by atoms with van der Waals surface area (Å²) in [6, 6.07) is 9.59. The SMILES string of the molecule is CC(=O)c1cccc(OC(F)F)c1C1C[C@H](Br)c2nc3ccc(Cl)cc3n21. The Bertz CT molecular complexity index is 1050. The van der Waals surface area contributed by atoms with Crippen LogP contribution < -0.4 is 4.74 Å². The third-order valence-corrected chi connectivity index (χ3v) is 5.71. The molecule has 2 heterocycles. The fourth-order valence-corrected chi connectivity index (χ4v) is 4.52. The van der Waals surface area contributed by atoms with E-state index in [1.54, 1.807) is 24.3 Å². The molecule has 1 unspecified atom stereocenters. The highest BCUT2D eigenvalue weighted by Crippen LogP contribution is 2.48. The van der Waals surface area contributed by atoms with E-state index in [0.717, 1.165) is 16.9 Å². The number of hydrogen-bond acceptors (Lipinski definition) is 3. The second-order valence-electron chi connectivity index (χ2n) is 6.34. The smallest absolute Gasteiger partial charge is 0.387 e. The maximum atomic E-state index is 13.0. The number of halogens is 4. The van der Waals surface area contributed by atoms with Crippen molar-refractivity contribution in [2.75, 3.05) is 0 Å². The van der Waals surface area contributed by atoms with E-state index in [-0.39, 0.29) is 22.4 Å². The average molecular weight is 456 g/mol. The number of ketones is 1. The van der Waals surface area contributed by atoms with Crippen LogP contribution in [-0.2, 0) is 0 Å². The van der Waals surface area contributed by atoms with E-state index in [0.29, 0.717) is 22.6 Å². The van der Waals surface area contributed by atoms with Gasteiger partial charge in [-0.25, -0.2) is 4.98 Å². The van der Waals surface area contributed by atoms with Gasteiger partial charge in [-0.1, -0.05) is 39.7 Å². The predicted molar refractivity (Wildman–Crippen MR) is 102 cm³/mol. The summed E-state index contributed by atoms with van der Waals surface area (Å²) in [5.41, 5.74) is 2.33. The quantitative estimate of drug-likeness (QED) is 0.362. The highest BCUT2D eigenvalue weighted by atomic mass is 79.9. The van der Waals surface area contributed by atoms with Crippen molar-refractivity contribution in [3.63, 3.8) is 0 Å². The van der Waals surface area contributed by atoms with Crippen LogP contribution in [0.2, 0.25) is 5.02 Å². The van der Waals surface area contributed by atoms with E-state index >= 15 is 0 Å². The topological polar surface area (TPSA) is 44.1 Å². The van der Waals surface area contributed by atoms with Gasteiger partial charge in [0.1, 0.15) is 11.6 Å². The van der Waals surface area contributed by atoms with Crippen LogP contribution >= 0.6 is 27.5 Å². The molecule has 4 nitrogen and oxygen atoms in total. The molecule has 4 rings (SSSR count). The number of imidazole rings is 1. The minimum absolute atomic E-state index is 0.000807. The van der Waals surface area contributed by atoms with Crippen molar-refractivity contribution in [1.82, 2.24) is 9.55 Å². The molecule has 27 heavy (non-hydrogen) atoms. The van der Waals surface area contributed by atoms with E-state index in [1.807, 2.05) is 10.6 Å². The molecule has 1 aliphatic rings. The van der Waals surface area contributed by atoms with Gasteiger partial charge in [-0.3, -0.25) is 4.79 Å². The first-order valence-corrected chi connectivity index (χ1v) is 9.56. The van der Waals surface area contributed by atoms with E-state index in [1.165, 1.54) is 13.0 Å². The molecule has 0 saturated carbocycles. The van der Waals surface area contributed by atoms with Gasteiger partial charge < -0.3 is 9.30 Å².